The van der Waals surface area contributed by atoms with Gasteiger partial charge in [-0.05, 0) is 26.8 Å². The highest BCUT2D eigenvalue weighted by Crippen LogP contribution is 2.05. The van der Waals surface area contributed by atoms with Crippen LogP contribution in [0.1, 0.15) is 20.3 Å². The van der Waals surface area contributed by atoms with Crippen LogP contribution in [-0.4, -0.2) is 55.1 Å². The van der Waals surface area contributed by atoms with Crippen LogP contribution >= 0.6 is 0 Å². The van der Waals surface area contributed by atoms with Crippen molar-refractivity contribution >= 4 is 0 Å². The summed E-state index contributed by atoms with van der Waals surface area (Å²) < 4.78 is 0. The molecule has 0 saturated carbocycles. The van der Waals surface area contributed by atoms with Gasteiger partial charge in [-0.25, -0.2) is 0 Å². The monoisotopic (exact) mass is 213 g/mol. The summed E-state index contributed by atoms with van der Waals surface area (Å²) in [6.45, 7) is 11.2. The van der Waals surface area contributed by atoms with Gasteiger partial charge in [0.05, 0.1) is 0 Å². The standard InChI is InChI=1S/C10H23N5/c1-10(2)15-8-6-14(7-9-15)5-3-4-12-13-11/h10H,3-9H2,1-2H3,(H2,11,12). The first-order valence-electron chi connectivity index (χ1n) is 5.79. The van der Waals surface area contributed by atoms with Crippen LogP contribution in [0.5, 0.6) is 0 Å². The SMILES string of the molecule is CC(C)N1CCN(CCCNN=N)CC1. The molecule has 1 fully saturated rings. The summed E-state index contributed by atoms with van der Waals surface area (Å²) in [7, 11) is 0. The van der Waals surface area contributed by atoms with E-state index in [1.54, 1.807) is 0 Å². The minimum atomic E-state index is 0.677. The van der Waals surface area contributed by atoms with Crippen LogP contribution in [0.25, 0.3) is 0 Å². The summed E-state index contributed by atoms with van der Waals surface area (Å²) in [5, 5.41) is 3.13. The van der Waals surface area contributed by atoms with E-state index in [0.29, 0.717) is 6.04 Å². The van der Waals surface area contributed by atoms with Crippen molar-refractivity contribution in [2.75, 3.05) is 39.3 Å². The number of rotatable bonds is 6. The van der Waals surface area contributed by atoms with Gasteiger partial charge in [-0.3, -0.25) is 10.3 Å². The molecule has 0 aromatic carbocycles. The molecular formula is C10H23N5. The van der Waals surface area contributed by atoms with Gasteiger partial charge in [0.25, 0.3) is 0 Å². The first kappa shape index (κ1) is 12.4. The lowest BCUT2D eigenvalue weighted by molar-refractivity contribution is 0.108. The minimum absolute atomic E-state index is 0.677. The highest BCUT2D eigenvalue weighted by Gasteiger charge is 2.17. The lowest BCUT2D eigenvalue weighted by atomic mass is 10.2. The van der Waals surface area contributed by atoms with Crippen molar-refractivity contribution in [1.29, 1.82) is 5.53 Å². The van der Waals surface area contributed by atoms with Gasteiger partial charge in [0.1, 0.15) is 0 Å². The fourth-order valence-electron chi connectivity index (χ4n) is 1.94. The third-order valence-electron chi connectivity index (χ3n) is 2.98. The minimum Gasteiger partial charge on any atom is -0.301 e. The van der Waals surface area contributed by atoms with Gasteiger partial charge < -0.3 is 4.90 Å². The van der Waals surface area contributed by atoms with E-state index in [4.69, 9.17) is 5.53 Å². The van der Waals surface area contributed by atoms with Crippen molar-refractivity contribution in [3.63, 3.8) is 0 Å². The smallest absolute Gasteiger partial charge is 0.0358 e. The number of piperazine rings is 1. The molecule has 0 spiro atoms. The molecule has 0 bridgehead atoms. The first-order valence-corrected chi connectivity index (χ1v) is 5.79. The van der Waals surface area contributed by atoms with Crippen LogP contribution < -0.4 is 5.43 Å². The van der Waals surface area contributed by atoms with E-state index in [0.717, 1.165) is 19.5 Å². The second-order valence-electron chi connectivity index (χ2n) is 4.34. The molecule has 5 heteroatoms. The summed E-state index contributed by atoms with van der Waals surface area (Å²) >= 11 is 0. The number of hydrogen-bond donors (Lipinski definition) is 2. The van der Waals surface area contributed by atoms with Crippen molar-refractivity contribution in [1.82, 2.24) is 15.2 Å². The Labute approximate surface area is 92.3 Å². The zero-order valence-corrected chi connectivity index (χ0v) is 9.87. The average Bonchev–Trinajstić information content (AvgIpc) is 2.25. The third kappa shape index (κ3) is 4.57. The Morgan fingerprint density at radius 1 is 1.27 bits per heavy atom. The molecule has 0 aliphatic carbocycles. The molecule has 0 atom stereocenters. The lowest BCUT2D eigenvalue weighted by Crippen LogP contribution is -2.49. The van der Waals surface area contributed by atoms with E-state index in [-0.39, 0.29) is 0 Å². The summed E-state index contributed by atoms with van der Waals surface area (Å²) in [4.78, 5) is 5.01. The van der Waals surface area contributed by atoms with Crippen molar-refractivity contribution < 1.29 is 0 Å². The van der Waals surface area contributed by atoms with Crippen molar-refractivity contribution in [2.24, 2.45) is 5.22 Å². The Morgan fingerprint density at radius 3 is 2.47 bits per heavy atom. The molecule has 1 aliphatic rings. The number of nitrogens with zero attached hydrogens (tertiary/aromatic N) is 3. The summed E-state index contributed by atoms with van der Waals surface area (Å²) in [5.41, 5.74) is 9.26. The van der Waals surface area contributed by atoms with Gasteiger partial charge in [-0.15, -0.1) is 0 Å². The van der Waals surface area contributed by atoms with Crippen LogP contribution in [-0.2, 0) is 0 Å². The average molecular weight is 213 g/mol. The first-order chi connectivity index (χ1) is 7.24. The molecule has 1 heterocycles. The van der Waals surface area contributed by atoms with E-state index >= 15 is 0 Å². The maximum Gasteiger partial charge on any atom is 0.0358 e. The Balaban J connectivity index is 2.06. The molecule has 0 aromatic rings. The van der Waals surface area contributed by atoms with Crippen molar-refractivity contribution in [2.45, 2.75) is 26.3 Å². The summed E-state index contributed by atoms with van der Waals surface area (Å²) in [6, 6.07) is 0.677. The number of hydrogen-bond acceptors (Lipinski definition) is 4. The lowest BCUT2D eigenvalue weighted by Gasteiger charge is -2.36. The molecule has 1 saturated heterocycles. The molecule has 0 radical (unpaired) electrons. The largest absolute Gasteiger partial charge is 0.301 e. The highest BCUT2D eigenvalue weighted by molar-refractivity contribution is 4.74. The predicted molar refractivity (Wildman–Crippen MR) is 60.9 cm³/mol. The van der Waals surface area contributed by atoms with E-state index < -0.39 is 0 Å². The highest BCUT2D eigenvalue weighted by atomic mass is 15.4. The molecule has 15 heavy (non-hydrogen) atoms. The topological polar surface area (TPSA) is 54.7 Å². The van der Waals surface area contributed by atoms with Gasteiger partial charge in [-0.1, -0.05) is 5.22 Å². The van der Waals surface area contributed by atoms with Crippen LogP contribution in [0, 0.1) is 5.53 Å². The molecule has 0 aromatic heterocycles. The third-order valence-corrected chi connectivity index (χ3v) is 2.98. The molecule has 88 valence electrons. The summed E-state index contributed by atoms with van der Waals surface area (Å²) in [5.74, 6) is 0. The van der Waals surface area contributed by atoms with E-state index in [1.807, 2.05) is 0 Å². The van der Waals surface area contributed by atoms with Gasteiger partial charge in [0, 0.05) is 38.8 Å². The fourth-order valence-corrected chi connectivity index (χ4v) is 1.94. The van der Waals surface area contributed by atoms with Gasteiger partial charge in [0.2, 0.25) is 0 Å². The molecule has 0 unspecified atom stereocenters. The Morgan fingerprint density at radius 2 is 1.93 bits per heavy atom. The van der Waals surface area contributed by atoms with Gasteiger partial charge in [-0.2, -0.15) is 5.53 Å². The Bertz CT molecular complexity index is 175. The second-order valence-corrected chi connectivity index (χ2v) is 4.34. The summed E-state index contributed by atoms with van der Waals surface area (Å²) in [6.07, 6.45) is 1.07. The van der Waals surface area contributed by atoms with E-state index in [9.17, 15) is 0 Å². The van der Waals surface area contributed by atoms with Crippen molar-refractivity contribution in [3.05, 3.63) is 0 Å². The van der Waals surface area contributed by atoms with E-state index in [2.05, 4.69) is 34.3 Å². The molecule has 5 nitrogen and oxygen atoms in total. The van der Waals surface area contributed by atoms with E-state index in [1.165, 1.54) is 26.2 Å². The van der Waals surface area contributed by atoms with Gasteiger partial charge in [0.15, 0.2) is 0 Å². The molecule has 1 rings (SSSR count). The Kier molecular flexibility index (Phi) is 5.57. The maximum atomic E-state index is 6.59. The molecule has 1 aliphatic heterocycles. The van der Waals surface area contributed by atoms with Crippen molar-refractivity contribution in [3.8, 4) is 0 Å². The molecular weight excluding hydrogens is 190 g/mol. The van der Waals surface area contributed by atoms with Crippen LogP contribution in [0.3, 0.4) is 0 Å². The Hall–Kier alpha value is -0.680. The van der Waals surface area contributed by atoms with Crippen LogP contribution in [0.15, 0.2) is 5.22 Å². The van der Waals surface area contributed by atoms with Crippen LogP contribution in [0.2, 0.25) is 0 Å². The van der Waals surface area contributed by atoms with Gasteiger partial charge >= 0.3 is 0 Å². The molecule has 0 amide bonds. The maximum absolute atomic E-state index is 6.59. The second kappa shape index (κ2) is 6.74. The number of nitrogens with one attached hydrogen (secondary N) is 2. The normalized spacial score (nSPS) is 19.4. The molecule has 2 N–H and O–H groups in total. The zero-order valence-electron chi connectivity index (χ0n) is 9.87. The zero-order chi connectivity index (χ0) is 11.1. The van der Waals surface area contributed by atoms with Crippen LogP contribution in [0.4, 0.5) is 0 Å². The fraction of sp³-hybridized carbons (Fsp3) is 1.00. The quantitative estimate of drug-likeness (QED) is 0.392. The predicted octanol–water partition coefficient (Wildman–Crippen LogP) is 0.938.